The Kier molecular flexibility index (Phi) is 7.66. The summed E-state index contributed by atoms with van der Waals surface area (Å²) in [5.41, 5.74) is 7.93. The minimum absolute atomic E-state index is 0.0404. The molecule has 0 spiro atoms. The molecule has 1 aromatic carbocycles. The highest BCUT2D eigenvalue weighted by atomic mass is 16.5. The van der Waals surface area contributed by atoms with E-state index in [0.29, 0.717) is 53.2 Å². The number of anilines is 1. The van der Waals surface area contributed by atoms with Crippen molar-refractivity contribution in [3.05, 3.63) is 39.8 Å². The number of hydrogen-bond donors (Lipinski definition) is 4. The van der Waals surface area contributed by atoms with Gasteiger partial charge in [0, 0.05) is 13.0 Å². The first kappa shape index (κ1) is 23.5. The van der Waals surface area contributed by atoms with Crippen LogP contribution >= 0.6 is 0 Å². The number of nitrogens with two attached hydrogens (primary N) is 1. The molecular weight excluding hydrogens is 406 g/mol. The topological polar surface area (TPSA) is 134 Å². The van der Waals surface area contributed by atoms with E-state index in [1.807, 2.05) is 32.0 Å². The Labute approximate surface area is 188 Å². The molecule has 2 aromatic rings. The van der Waals surface area contributed by atoms with Crippen LogP contribution in [0.15, 0.2) is 23.0 Å². The first-order valence-electron chi connectivity index (χ1n) is 11.3. The van der Waals surface area contributed by atoms with Gasteiger partial charge in [0.05, 0.1) is 17.9 Å². The summed E-state index contributed by atoms with van der Waals surface area (Å²) in [5, 5.41) is 11.3. The molecule has 1 amide bonds. The lowest BCUT2D eigenvalue weighted by Crippen LogP contribution is -2.21. The van der Waals surface area contributed by atoms with Gasteiger partial charge in [0.25, 0.3) is 5.56 Å². The van der Waals surface area contributed by atoms with Gasteiger partial charge in [0.1, 0.15) is 23.0 Å². The molecule has 3 rings (SSSR count). The smallest absolute Gasteiger partial charge is 0.275 e. The van der Waals surface area contributed by atoms with Gasteiger partial charge in [-0.3, -0.25) is 9.59 Å². The molecule has 1 aliphatic carbocycles. The van der Waals surface area contributed by atoms with Crippen molar-refractivity contribution in [2.24, 2.45) is 17.6 Å². The van der Waals surface area contributed by atoms with Crippen molar-refractivity contribution >= 4 is 17.3 Å². The molecule has 1 heterocycles. The number of primary amides is 1. The summed E-state index contributed by atoms with van der Waals surface area (Å²) in [6.07, 6.45) is 4.76. The Morgan fingerprint density at radius 1 is 1.34 bits per heavy atom. The van der Waals surface area contributed by atoms with Gasteiger partial charge in [-0.05, 0) is 62.6 Å². The van der Waals surface area contributed by atoms with E-state index >= 15 is 0 Å². The van der Waals surface area contributed by atoms with Crippen LogP contribution in [-0.4, -0.2) is 35.2 Å². The second-order valence-electron chi connectivity index (χ2n) is 8.36. The van der Waals surface area contributed by atoms with Crippen molar-refractivity contribution in [3.63, 3.8) is 0 Å². The maximum Gasteiger partial charge on any atom is 0.275 e. The fourth-order valence-corrected chi connectivity index (χ4v) is 4.44. The molecule has 0 saturated heterocycles. The maximum absolute atomic E-state index is 12.8. The van der Waals surface area contributed by atoms with Crippen LogP contribution in [-0.2, 0) is 11.2 Å². The van der Waals surface area contributed by atoms with E-state index in [2.05, 4.69) is 15.3 Å². The van der Waals surface area contributed by atoms with Gasteiger partial charge < -0.3 is 26.2 Å². The minimum atomic E-state index is -0.318. The molecule has 32 heavy (non-hydrogen) atoms. The summed E-state index contributed by atoms with van der Waals surface area (Å²) in [6, 6.07) is 5.91. The summed E-state index contributed by atoms with van der Waals surface area (Å²) in [7, 11) is 1.65. The van der Waals surface area contributed by atoms with Crippen LogP contribution in [0.3, 0.4) is 0 Å². The van der Waals surface area contributed by atoms with Crippen molar-refractivity contribution in [3.8, 4) is 17.1 Å². The molecule has 0 bridgehead atoms. The number of hydrogen-bond acceptors (Lipinski definition) is 6. The molecule has 1 fully saturated rings. The van der Waals surface area contributed by atoms with Crippen molar-refractivity contribution in [1.82, 2.24) is 9.97 Å². The fraction of sp³-hybridized carbons (Fsp3) is 0.500. The third-order valence-electron chi connectivity index (χ3n) is 6.02. The van der Waals surface area contributed by atoms with E-state index in [1.165, 1.54) is 0 Å². The third-order valence-corrected chi connectivity index (χ3v) is 6.02. The standard InChI is InChI=1S/C24H33N5O3/c1-4-6-18(25)20-21(27-3)24(31)29-23(28-20)17-13-15(8-10-19(17)32-5-2)11-14-7-9-16(12-14)22(26)30/h8,10,13-14,16,25,27H,4-7,9,11-12H2,1-3H3,(H2,26,30)(H,28,29,31)/t14-,16+/m1/s1. The lowest BCUT2D eigenvalue weighted by Gasteiger charge is -2.16. The van der Waals surface area contributed by atoms with Crippen LogP contribution in [0.1, 0.15) is 57.2 Å². The molecule has 8 nitrogen and oxygen atoms in total. The van der Waals surface area contributed by atoms with Crippen LogP contribution in [0.25, 0.3) is 11.4 Å². The second-order valence-corrected chi connectivity index (χ2v) is 8.36. The fourth-order valence-electron chi connectivity index (χ4n) is 4.44. The van der Waals surface area contributed by atoms with Crippen molar-refractivity contribution in [1.29, 1.82) is 5.41 Å². The molecule has 1 saturated carbocycles. The number of H-pyrrole nitrogens is 1. The largest absolute Gasteiger partial charge is 0.493 e. The summed E-state index contributed by atoms with van der Waals surface area (Å²) in [4.78, 5) is 31.8. The molecule has 5 N–H and O–H groups in total. The third kappa shape index (κ3) is 5.18. The number of ether oxygens (including phenoxy) is 1. The number of nitrogens with one attached hydrogen (secondary N) is 3. The van der Waals surface area contributed by atoms with E-state index in [-0.39, 0.29) is 17.4 Å². The lowest BCUT2D eigenvalue weighted by molar-refractivity contribution is -0.121. The average Bonchev–Trinajstić information content (AvgIpc) is 3.23. The molecule has 2 atom stereocenters. The quantitative estimate of drug-likeness (QED) is 0.420. The van der Waals surface area contributed by atoms with Crippen LogP contribution in [0.5, 0.6) is 5.75 Å². The number of carbonyl (C=O) groups excluding carboxylic acids is 1. The van der Waals surface area contributed by atoms with Crippen LogP contribution in [0.4, 0.5) is 5.69 Å². The monoisotopic (exact) mass is 439 g/mol. The number of nitrogens with zero attached hydrogens (tertiary/aromatic N) is 1. The SMILES string of the molecule is CCCC(=N)c1nc(-c2cc(C[C@H]3CC[C@H](C(N)=O)C3)ccc2OCC)[nH]c(=O)c1NC. The van der Waals surface area contributed by atoms with Crippen molar-refractivity contribution in [2.75, 3.05) is 19.0 Å². The normalized spacial score (nSPS) is 17.8. The summed E-state index contributed by atoms with van der Waals surface area (Å²) in [6.45, 7) is 4.37. The molecular formula is C24H33N5O3. The Morgan fingerprint density at radius 2 is 2.12 bits per heavy atom. The van der Waals surface area contributed by atoms with Crippen LogP contribution < -0.4 is 21.3 Å². The highest BCUT2D eigenvalue weighted by Crippen LogP contribution is 2.35. The first-order valence-corrected chi connectivity index (χ1v) is 11.3. The van der Waals surface area contributed by atoms with E-state index in [0.717, 1.165) is 37.7 Å². The average molecular weight is 440 g/mol. The molecule has 8 heteroatoms. The molecule has 0 aliphatic heterocycles. The van der Waals surface area contributed by atoms with Crippen molar-refractivity contribution < 1.29 is 9.53 Å². The van der Waals surface area contributed by atoms with Gasteiger partial charge in [-0.1, -0.05) is 19.4 Å². The van der Waals surface area contributed by atoms with Gasteiger partial charge in [0.15, 0.2) is 0 Å². The number of rotatable bonds is 10. The molecule has 1 aliphatic rings. The summed E-state index contributed by atoms with van der Waals surface area (Å²) in [5.74, 6) is 1.16. The molecule has 0 unspecified atom stereocenters. The Bertz CT molecular complexity index is 1050. The number of aromatic amines is 1. The predicted octanol–water partition coefficient (Wildman–Crippen LogP) is 3.49. The Balaban J connectivity index is 2.00. The van der Waals surface area contributed by atoms with E-state index in [4.69, 9.17) is 15.9 Å². The number of benzene rings is 1. The summed E-state index contributed by atoms with van der Waals surface area (Å²) < 4.78 is 5.82. The van der Waals surface area contributed by atoms with E-state index in [1.54, 1.807) is 7.05 Å². The number of amides is 1. The van der Waals surface area contributed by atoms with Gasteiger partial charge in [-0.25, -0.2) is 4.98 Å². The highest BCUT2D eigenvalue weighted by Gasteiger charge is 2.28. The van der Waals surface area contributed by atoms with Gasteiger partial charge >= 0.3 is 0 Å². The maximum atomic E-state index is 12.8. The Morgan fingerprint density at radius 3 is 2.75 bits per heavy atom. The minimum Gasteiger partial charge on any atom is -0.493 e. The number of aromatic nitrogens is 2. The van der Waals surface area contributed by atoms with Gasteiger partial charge in [-0.2, -0.15) is 0 Å². The molecule has 0 radical (unpaired) electrons. The molecule has 172 valence electrons. The lowest BCUT2D eigenvalue weighted by atomic mass is 9.95. The zero-order valence-electron chi connectivity index (χ0n) is 19.1. The summed E-state index contributed by atoms with van der Waals surface area (Å²) >= 11 is 0. The van der Waals surface area contributed by atoms with Crippen molar-refractivity contribution in [2.45, 2.75) is 52.4 Å². The van der Waals surface area contributed by atoms with Gasteiger partial charge in [-0.15, -0.1) is 0 Å². The van der Waals surface area contributed by atoms with E-state index in [9.17, 15) is 9.59 Å². The number of carbonyl (C=O) groups is 1. The van der Waals surface area contributed by atoms with Crippen LogP contribution in [0.2, 0.25) is 0 Å². The predicted molar refractivity (Wildman–Crippen MR) is 126 cm³/mol. The molecule has 1 aromatic heterocycles. The second kappa shape index (κ2) is 10.4. The van der Waals surface area contributed by atoms with E-state index < -0.39 is 0 Å². The zero-order valence-corrected chi connectivity index (χ0v) is 19.1. The van der Waals surface area contributed by atoms with Gasteiger partial charge in [0.2, 0.25) is 5.91 Å². The van der Waals surface area contributed by atoms with Crippen LogP contribution in [0, 0.1) is 17.2 Å². The zero-order chi connectivity index (χ0) is 23.3. The Hall–Kier alpha value is -3.16. The highest BCUT2D eigenvalue weighted by molar-refractivity contribution is 6.01. The first-order chi connectivity index (χ1) is 15.4.